The van der Waals surface area contributed by atoms with Gasteiger partial charge in [-0.05, 0) is 43.7 Å². The summed E-state index contributed by atoms with van der Waals surface area (Å²) in [5.41, 5.74) is 1.06. The minimum absolute atomic E-state index is 0.343. The highest BCUT2D eigenvalue weighted by molar-refractivity contribution is 5.49. The number of aliphatic hydroxyl groups is 1. The molecule has 1 N–H and O–H groups in total. The van der Waals surface area contributed by atoms with Gasteiger partial charge in [-0.2, -0.15) is 0 Å². The Bertz CT molecular complexity index is 563. The van der Waals surface area contributed by atoms with Crippen molar-refractivity contribution in [1.82, 2.24) is 0 Å². The zero-order valence-corrected chi connectivity index (χ0v) is 11.4. The molecule has 0 spiro atoms. The van der Waals surface area contributed by atoms with E-state index in [4.69, 9.17) is 4.42 Å². The number of anilines is 1. The summed E-state index contributed by atoms with van der Waals surface area (Å²) in [6.07, 6.45) is -0.665. The fraction of sp³-hybridized carbons (Fsp3) is 0.333. The summed E-state index contributed by atoms with van der Waals surface area (Å²) in [4.78, 5) is 1.78. The number of hydrogen-bond donors (Lipinski definition) is 1. The Balaban J connectivity index is 2.17. The number of hydrogen-bond acceptors (Lipinski definition) is 3. The summed E-state index contributed by atoms with van der Waals surface area (Å²) >= 11 is 0. The average molecular weight is 263 g/mol. The van der Waals surface area contributed by atoms with Crippen LogP contribution >= 0.6 is 0 Å². The molecular weight excluding hydrogens is 245 g/mol. The van der Waals surface area contributed by atoms with Crippen molar-refractivity contribution in [3.8, 4) is 0 Å². The van der Waals surface area contributed by atoms with Crippen LogP contribution in [0.25, 0.3) is 0 Å². The van der Waals surface area contributed by atoms with Crippen LogP contribution in [0.1, 0.15) is 30.1 Å². The van der Waals surface area contributed by atoms with Gasteiger partial charge in [0.05, 0.1) is 18.3 Å². The first-order valence-electron chi connectivity index (χ1n) is 6.21. The molecule has 1 atom stereocenters. The Kier molecular flexibility index (Phi) is 3.90. The van der Waals surface area contributed by atoms with Crippen molar-refractivity contribution in [2.24, 2.45) is 0 Å². The summed E-state index contributed by atoms with van der Waals surface area (Å²) in [7, 11) is 1.80. The van der Waals surface area contributed by atoms with E-state index >= 15 is 0 Å². The first-order valence-corrected chi connectivity index (χ1v) is 6.21. The van der Waals surface area contributed by atoms with Crippen LogP contribution in [0.4, 0.5) is 10.1 Å². The number of halogens is 1. The summed E-state index contributed by atoms with van der Waals surface area (Å²) in [6, 6.07) is 8.54. The van der Waals surface area contributed by atoms with Crippen LogP contribution in [-0.2, 0) is 6.54 Å². The maximum atomic E-state index is 14.0. The first-order chi connectivity index (χ1) is 8.97. The van der Waals surface area contributed by atoms with Crippen molar-refractivity contribution < 1.29 is 13.9 Å². The van der Waals surface area contributed by atoms with Gasteiger partial charge in [0.15, 0.2) is 0 Å². The van der Waals surface area contributed by atoms with Crippen molar-refractivity contribution in [2.45, 2.75) is 26.5 Å². The standard InChI is InChI=1S/C15H18FNO2/c1-10-4-6-13(19-10)9-17(3)15-7-5-12(11(2)18)8-14(15)16/h4-8,11,18H,9H2,1-3H3/t11-/m0/s1. The van der Waals surface area contributed by atoms with E-state index in [0.29, 0.717) is 17.8 Å². The molecule has 0 saturated carbocycles. The van der Waals surface area contributed by atoms with Crippen molar-refractivity contribution >= 4 is 5.69 Å². The molecule has 1 aromatic heterocycles. The largest absolute Gasteiger partial charge is 0.464 e. The molecule has 0 aliphatic carbocycles. The molecule has 4 heteroatoms. The second-order valence-electron chi connectivity index (χ2n) is 4.76. The maximum absolute atomic E-state index is 14.0. The molecule has 0 aliphatic heterocycles. The van der Waals surface area contributed by atoms with E-state index < -0.39 is 6.10 Å². The number of furan rings is 1. The zero-order chi connectivity index (χ0) is 14.0. The highest BCUT2D eigenvalue weighted by Gasteiger charge is 2.12. The van der Waals surface area contributed by atoms with Gasteiger partial charge in [0.25, 0.3) is 0 Å². The fourth-order valence-corrected chi connectivity index (χ4v) is 1.98. The minimum Gasteiger partial charge on any atom is -0.464 e. The predicted molar refractivity (Wildman–Crippen MR) is 72.6 cm³/mol. The van der Waals surface area contributed by atoms with Gasteiger partial charge < -0.3 is 14.4 Å². The van der Waals surface area contributed by atoms with E-state index in [9.17, 15) is 9.50 Å². The van der Waals surface area contributed by atoms with Crippen LogP contribution in [-0.4, -0.2) is 12.2 Å². The summed E-state index contributed by atoms with van der Waals surface area (Å²) in [5.74, 6) is 1.29. The average Bonchev–Trinajstić information content (AvgIpc) is 2.74. The lowest BCUT2D eigenvalue weighted by atomic mass is 10.1. The maximum Gasteiger partial charge on any atom is 0.146 e. The monoisotopic (exact) mass is 263 g/mol. The molecule has 2 rings (SSSR count). The molecular formula is C15H18FNO2. The lowest BCUT2D eigenvalue weighted by Crippen LogP contribution is -2.17. The number of rotatable bonds is 4. The summed E-state index contributed by atoms with van der Waals surface area (Å²) in [5, 5.41) is 9.42. The van der Waals surface area contributed by atoms with Crippen LogP contribution in [0.3, 0.4) is 0 Å². The Morgan fingerprint density at radius 1 is 1.32 bits per heavy atom. The first kappa shape index (κ1) is 13.6. The van der Waals surface area contributed by atoms with Crippen LogP contribution in [0.2, 0.25) is 0 Å². The van der Waals surface area contributed by atoms with Crippen molar-refractivity contribution in [3.05, 3.63) is 53.2 Å². The molecule has 1 heterocycles. The molecule has 0 unspecified atom stereocenters. The van der Waals surface area contributed by atoms with Gasteiger partial charge in [-0.25, -0.2) is 4.39 Å². The SMILES string of the molecule is Cc1ccc(CN(C)c2ccc([C@H](C)O)cc2F)o1. The van der Waals surface area contributed by atoms with Crippen molar-refractivity contribution in [2.75, 3.05) is 11.9 Å². The molecule has 102 valence electrons. The van der Waals surface area contributed by atoms with Gasteiger partial charge in [0.2, 0.25) is 0 Å². The number of benzene rings is 1. The highest BCUT2D eigenvalue weighted by Crippen LogP contribution is 2.24. The smallest absolute Gasteiger partial charge is 0.146 e. The van der Waals surface area contributed by atoms with Gasteiger partial charge in [0, 0.05) is 7.05 Å². The van der Waals surface area contributed by atoms with Gasteiger partial charge in [-0.1, -0.05) is 6.07 Å². The van der Waals surface area contributed by atoms with E-state index in [1.807, 2.05) is 19.1 Å². The number of aryl methyl sites for hydroxylation is 1. The normalized spacial score (nSPS) is 12.5. The van der Waals surface area contributed by atoms with E-state index in [0.717, 1.165) is 11.5 Å². The topological polar surface area (TPSA) is 36.6 Å². The molecule has 0 fully saturated rings. The summed E-state index contributed by atoms with van der Waals surface area (Å²) in [6.45, 7) is 3.99. The second-order valence-corrected chi connectivity index (χ2v) is 4.76. The Morgan fingerprint density at radius 3 is 2.58 bits per heavy atom. The van der Waals surface area contributed by atoms with E-state index in [1.54, 1.807) is 31.0 Å². The van der Waals surface area contributed by atoms with Crippen LogP contribution in [0.15, 0.2) is 34.7 Å². The lowest BCUT2D eigenvalue weighted by molar-refractivity contribution is 0.199. The van der Waals surface area contributed by atoms with E-state index in [-0.39, 0.29) is 5.82 Å². The molecule has 0 saturated heterocycles. The third-order valence-electron chi connectivity index (χ3n) is 3.05. The Labute approximate surface area is 112 Å². The van der Waals surface area contributed by atoms with Gasteiger partial charge in [-0.3, -0.25) is 0 Å². The molecule has 0 amide bonds. The molecule has 0 radical (unpaired) electrons. The van der Waals surface area contributed by atoms with Crippen LogP contribution < -0.4 is 4.90 Å². The number of nitrogens with zero attached hydrogens (tertiary/aromatic N) is 1. The molecule has 0 aliphatic rings. The zero-order valence-electron chi connectivity index (χ0n) is 11.4. The molecule has 0 bridgehead atoms. The third kappa shape index (κ3) is 3.15. The Hall–Kier alpha value is -1.81. The van der Waals surface area contributed by atoms with E-state index in [2.05, 4.69) is 0 Å². The number of aliphatic hydroxyl groups excluding tert-OH is 1. The molecule has 1 aromatic carbocycles. The minimum atomic E-state index is -0.665. The summed E-state index contributed by atoms with van der Waals surface area (Å²) < 4.78 is 19.5. The van der Waals surface area contributed by atoms with Crippen LogP contribution in [0.5, 0.6) is 0 Å². The van der Waals surface area contributed by atoms with Crippen molar-refractivity contribution in [3.63, 3.8) is 0 Å². The van der Waals surface area contributed by atoms with Crippen LogP contribution in [0, 0.1) is 12.7 Å². The molecule has 19 heavy (non-hydrogen) atoms. The second kappa shape index (κ2) is 5.45. The Morgan fingerprint density at radius 2 is 2.05 bits per heavy atom. The third-order valence-corrected chi connectivity index (χ3v) is 3.05. The van der Waals surface area contributed by atoms with Crippen molar-refractivity contribution in [1.29, 1.82) is 0 Å². The lowest BCUT2D eigenvalue weighted by Gasteiger charge is -2.19. The molecule has 2 aromatic rings. The van der Waals surface area contributed by atoms with Gasteiger partial charge in [-0.15, -0.1) is 0 Å². The quantitative estimate of drug-likeness (QED) is 0.918. The fourth-order valence-electron chi connectivity index (χ4n) is 1.98. The van der Waals surface area contributed by atoms with Gasteiger partial charge in [0.1, 0.15) is 17.3 Å². The van der Waals surface area contributed by atoms with E-state index in [1.165, 1.54) is 6.07 Å². The van der Waals surface area contributed by atoms with Gasteiger partial charge >= 0.3 is 0 Å². The molecule has 3 nitrogen and oxygen atoms in total. The predicted octanol–water partition coefficient (Wildman–Crippen LogP) is 3.42. The highest BCUT2D eigenvalue weighted by atomic mass is 19.1.